The Hall–Kier alpha value is -2.14. The zero-order valence-corrected chi connectivity index (χ0v) is 15.2. The van der Waals surface area contributed by atoms with Crippen LogP contribution in [0.2, 0.25) is 0 Å². The molecule has 4 nitrogen and oxygen atoms in total. The lowest BCUT2D eigenvalue weighted by atomic mass is 9.95. The average molecular weight is 345 g/mol. The van der Waals surface area contributed by atoms with Gasteiger partial charge in [0.2, 0.25) is 0 Å². The SMILES string of the molecule is Cc1ccc(S(C)(=O)=O)cc1C(=O)NC(c1ccccc1)C(C)C. The summed E-state index contributed by atoms with van der Waals surface area (Å²) in [4.78, 5) is 12.9. The number of hydrogen-bond donors (Lipinski definition) is 1. The van der Waals surface area contributed by atoms with Gasteiger partial charge in [-0.2, -0.15) is 0 Å². The van der Waals surface area contributed by atoms with E-state index in [0.717, 1.165) is 17.4 Å². The topological polar surface area (TPSA) is 63.2 Å². The van der Waals surface area contributed by atoms with Crippen molar-refractivity contribution in [2.24, 2.45) is 5.92 Å². The van der Waals surface area contributed by atoms with E-state index in [1.165, 1.54) is 12.1 Å². The first-order valence-corrected chi connectivity index (χ1v) is 9.76. The van der Waals surface area contributed by atoms with Crippen LogP contribution in [0.5, 0.6) is 0 Å². The highest BCUT2D eigenvalue weighted by Crippen LogP contribution is 2.23. The maximum absolute atomic E-state index is 12.7. The molecule has 5 heteroatoms. The van der Waals surface area contributed by atoms with Gasteiger partial charge in [-0.05, 0) is 36.1 Å². The molecule has 0 aromatic heterocycles. The zero-order chi connectivity index (χ0) is 17.9. The molecular weight excluding hydrogens is 322 g/mol. The fourth-order valence-corrected chi connectivity index (χ4v) is 3.24. The highest BCUT2D eigenvalue weighted by Gasteiger charge is 2.21. The number of rotatable bonds is 5. The van der Waals surface area contributed by atoms with Crippen molar-refractivity contribution in [3.8, 4) is 0 Å². The van der Waals surface area contributed by atoms with Gasteiger partial charge in [0.25, 0.3) is 5.91 Å². The van der Waals surface area contributed by atoms with E-state index in [2.05, 4.69) is 5.32 Å². The normalized spacial score (nSPS) is 12.9. The van der Waals surface area contributed by atoms with Crippen LogP contribution in [0.3, 0.4) is 0 Å². The molecule has 0 saturated carbocycles. The van der Waals surface area contributed by atoms with Crippen molar-refractivity contribution in [3.63, 3.8) is 0 Å². The molecule has 24 heavy (non-hydrogen) atoms. The third-order valence-corrected chi connectivity index (χ3v) is 5.10. The van der Waals surface area contributed by atoms with Gasteiger partial charge in [0, 0.05) is 11.8 Å². The van der Waals surface area contributed by atoms with Crippen molar-refractivity contribution in [2.45, 2.75) is 31.7 Å². The van der Waals surface area contributed by atoms with E-state index in [9.17, 15) is 13.2 Å². The summed E-state index contributed by atoms with van der Waals surface area (Å²) in [5.74, 6) is -0.0599. The zero-order valence-electron chi connectivity index (χ0n) is 14.4. The second-order valence-corrected chi connectivity index (χ2v) is 8.37. The quantitative estimate of drug-likeness (QED) is 0.902. The van der Waals surface area contributed by atoms with Gasteiger partial charge < -0.3 is 5.32 Å². The Balaban J connectivity index is 2.34. The standard InChI is InChI=1S/C19H23NO3S/c1-13(2)18(15-8-6-5-7-9-15)20-19(21)17-12-16(24(4,22)23)11-10-14(17)3/h5-13,18H,1-4H3,(H,20,21). The molecule has 0 aliphatic heterocycles. The molecule has 2 aromatic carbocycles. The van der Waals surface area contributed by atoms with Crippen LogP contribution in [0.15, 0.2) is 53.4 Å². The lowest BCUT2D eigenvalue weighted by Gasteiger charge is -2.23. The molecule has 0 aliphatic carbocycles. The van der Waals surface area contributed by atoms with Crippen LogP contribution in [0.1, 0.15) is 41.4 Å². The van der Waals surface area contributed by atoms with Crippen LogP contribution in [0.25, 0.3) is 0 Å². The van der Waals surface area contributed by atoms with Crippen LogP contribution < -0.4 is 5.32 Å². The largest absolute Gasteiger partial charge is 0.345 e. The minimum atomic E-state index is -3.35. The maximum atomic E-state index is 12.7. The molecule has 2 rings (SSSR count). The molecule has 0 heterocycles. The minimum Gasteiger partial charge on any atom is -0.345 e. The molecule has 128 valence electrons. The Morgan fingerprint density at radius 2 is 1.67 bits per heavy atom. The van der Waals surface area contributed by atoms with Gasteiger partial charge in [0.15, 0.2) is 9.84 Å². The molecule has 1 atom stereocenters. The predicted molar refractivity (Wildman–Crippen MR) is 95.8 cm³/mol. The third-order valence-electron chi connectivity index (χ3n) is 3.99. The Kier molecular flexibility index (Phi) is 5.44. The number of aryl methyl sites for hydroxylation is 1. The second kappa shape index (κ2) is 7.18. The lowest BCUT2D eigenvalue weighted by molar-refractivity contribution is 0.0924. The van der Waals surface area contributed by atoms with Gasteiger partial charge >= 0.3 is 0 Å². The lowest BCUT2D eigenvalue weighted by Crippen LogP contribution is -2.32. The summed E-state index contributed by atoms with van der Waals surface area (Å²) in [6, 6.07) is 14.3. The Morgan fingerprint density at radius 3 is 2.21 bits per heavy atom. The molecule has 1 unspecified atom stereocenters. The molecule has 0 saturated heterocycles. The van der Waals surface area contributed by atoms with Crippen molar-refractivity contribution >= 4 is 15.7 Å². The number of sulfone groups is 1. The van der Waals surface area contributed by atoms with Crippen LogP contribution >= 0.6 is 0 Å². The van der Waals surface area contributed by atoms with Gasteiger partial charge in [-0.15, -0.1) is 0 Å². The van der Waals surface area contributed by atoms with Crippen LogP contribution in [0, 0.1) is 12.8 Å². The third kappa shape index (κ3) is 4.23. The van der Waals surface area contributed by atoms with Crippen LogP contribution in [0.4, 0.5) is 0 Å². The molecule has 0 fully saturated rings. The van der Waals surface area contributed by atoms with E-state index in [0.29, 0.717) is 5.56 Å². The fourth-order valence-electron chi connectivity index (χ4n) is 2.59. The van der Waals surface area contributed by atoms with Gasteiger partial charge in [0.1, 0.15) is 0 Å². The summed E-state index contributed by atoms with van der Waals surface area (Å²) in [7, 11) is -3.35. The first-order valence-electron chi connectivity index (χ1n) is 7.86. The predicted octanol–water partition coefficient (Wildman–Crippen LogP) is 3.53. The fraction of sp³-hybridized carbons (Fsp3) is 0.316. The highest BCUT2D eigenvalue weighted by molar-refractivity contribution is 7.90. The number of carbonyl (C=O) groups is 1. The van der Waals surface area contributed by atoms with Crippen molar-refractivity contribution in [1.82, 2.24) is 5.32 Å². The number of carbonyl (C=O) groups excluding carboxylic acids is 1. The van der Waals surface area contributed by atoms with Crippen molar-refractivity contribution in [1.29, 1.82) is 0 Å². The molecule has 0 spiro atoms. The van der Waals surface area contributed by atoms with E-state index in [4.69, 9.17) is 0 Å². The van der Waals surface area contributed by atoms with Crippen molar-refractivity contribution < 1.29 is 13.2 Å². The summed E-state index contributed by atoms with van der Waals surface area (Å²) in [5.41, 5.74) is 2.16. The molecule has 2 aromatic rings. The van der Waals surface area contributed by atoms with E-state index in [1.807, 2.05) is 44.2 Å². The summed E-state index contributed by atoms with van der Waals surface area (Å²) in [6.45, 7) is 5.88. The summed E-state index contributed by atoms with van der Waals surface area (Å²) >= 11 is 0. The van der Waals surface area contributed by atoms with Gasteiger partial charge in [0.05, 0.1) is 10.9 Å². The monoisotopic (exact) mass is 345 g/mol. The Morgan fingerprint density at radius 1 is 1.04 bits per heavy atom. The Labute approximate surface area is 143 Å². The van der Waals surface area contributed by atoms with Crippen molar-refractivity contribution in [2.75, 3.05) is 6.26 Å². The number of nitrogens with one attached hydrogen (secondary N) is 1. The second-order valence-electron chi connectivity index (χ2n) is 6.35. The van der Waals surface area contributed by atoms with E-state index >= 15 is 0 Å². The number of benzene rings is 2. The molecular formula is C19H23NO3S. The number of amides is 1. The smallest absolute Gasteiger partial charge is 0.252 e. The first-order chi connectivity index (χ1) is 11.2. The first kappa shape index (κ1) is 18.2. The van der Waals surface area contributed by atoms with Gasteiger partial charge in [-0.3, -0.25) is 4.79 Å². The van der Waals surface area contributed by atoms with Crippen LogP contribution in [-0.4, -0.2) is 20.6 Å². The molecule has 1 amide bonds. The highest BCUT2D eigenvalue weighted by atomic mass is 32.2. The van der Waals surface area contributed by atoms with E-state index in [-0.39, 0.29) is 22.8 Å². The molecule has 0 bridgehead atoms. The van der Waals surface area contributed by atoms with Gasteiger partial charge in [-0.25, -0.2) is 8.42 Å². The van der Waals surface area contributed by atoms with Crippen molar-refractivity contribution in [3.05, 3.63) is 65.2 Å². The maximum Gasteiger partial charge on any atom is 0.252 e. The van der Waals surface area contributed by atoms with E-state index in [1.54, 1.807) is 13.0 Å². The minimum absolute atomic E-state index is 0.139. The van der Waals surface area contributed by atoms with E-state index < -0.39 is 9.84 Å². The van der Waals surface area contributed by atoms with Gasteiger partial charge in [-0.1, -0.05) is 50.2 Å². The summed E-state index contributed by atoms with van der Waals surface area (Å²) < 4.78 is 23.5. The summed E-state index contributed by atoms with van der Waals surface area (Å²) in [6.07, 6.45) is 1.14. The van der Waals surface area contributed by atoms with Crippen LogP contribution in [-0.2, 0) is 9.84 Å². The average Bonchev–Trinajstić information content (AvgIpc) is 2.52. The Bertz CT molecular complexity index is 827. The number of hydrogen-bond acceptors (Lipinski definition) is 3. The molecule has 0 aliphatic rings. The molecule has 1 N–H and O–H groups in total. The molecule has 0 radical (unpaired) electrons. The summed E-state index contributed by atoms with van der Waals surface area (Å²) in [5, 5.41) is 3.03.